The largest absolute Gasteiger partial charge is 0.380 e. The number of pyridine rings is 1. The minimum absolute atomic E-state index is 0.601. The molecule has 0 saturated heterocycles. The predicted octanol–water partition coefficient (Wildman–Crippen LogP) is 3.81. The smallest absolute Gasteiger partial charge is 0.179 e. The molecule has 104 valence electrons. The van der Waals surface area contributed by atoms with Crippen LogP contribution >= 0.6 is 23.8 Å². The van der Waals surface area contributed by atoms with Gasteiger partial charge in [0.1, 0.15) is 0 Å². The molecule has 1 N–H and O–H groups in total. The van der Waals surface area contributed by atoms with Crippen molar-refractivity contribution in [1.29, 1.82) is 0 Å². The van der Waals surface area contributed by atoms with Gasteiger partial charge < -0.3 is 9.72 Å². The van der Waals surface area contributed by atoms with Crippen molar-refractivity contribution in [2.45, 2.75) is 26.8 Å². The van der Waals surface area contributed by atoms with E-state index in [-0.39, 0.29) is 0 Å². The highest BCUT2D eigenvalue weighted by atomic mass is 35.5. The van der Waals surface area contributed by atoms with Gasteiger partial charge in [0.05, 0.1) is 23.7 Å². The lowest BCUT2D eigenvalue weighted by atomic mass is 10.1. The predicted molar refractivity (Wildman–Crippen MR) is 80.2 cm³/mol. The first-order valence-electron chi connectivity index (χ1n) is 6.39. The molecule has 0 radical (unpaired) electrons. The van der Waals surface area contributed by atoms with Gasteiger partial charge in [-0.15, -0.1) is 0 Å². The van der Waals surface area contributed by atoms with Crippen LogP contribution in [0, 0.1) is 10.7 Å². The van der Waals surface area contributed by atoms with Crippen LogP contribution in [-0.2, 0) is 11.3 Å². The highest BCUT2D eigenvalue weighted by molar-refractivity contribution is 7.71. The van der Waals surface area contributed by atoms with Gasteiger partial charge in [0, 0.05) is 12.8 Å². The van der Waals surface area contributed by atoms with E-state index in [1.807, 2.05) is 10.6 Å². The topological polar surface area (TPSA) is 42.8 Å². The number of fused-ring (bicyclic) bond motifs is 1. The maximum atomic E-state index is 5.91. The zero-order valence-corrected chi connectivity index (χ0v) is 12.7. The van der Waals surface area contributed by atoms with Gasteiger partial charge in [0.15, 0.2) is 10.4 Å². The number of hydrogen-bond acceptors (Lipinski definition) is 3. The Balaban J connectivity index is 2.00. The van der Waals surface area contributed by atoms with Crippen LogP contribution in [0.1, 0.15) is 20.3 Å². The summed E-state index contributed by atoms with van der Waals surface area (Å²) in [5.41, 5.74) is 1.68. The van der Waals surface area contributed by atoms with Crippen molar-refractivity contribution in [2.75, 3.05) is 13.2 Å². The third-order valence-corrected chi connectivity index (χ3v) is 3.40. The van der Waals surface area contributed by atoms with E-state index in [0.717, 1.165) is 24.2 Å². The minimum Gasteiger partial charge on any atom is -0.380 e. The molecule has 0 amide bonds. The summed E-state index contributed by atoms with van der Waals surface area (Å²) in [4.78, 5) is 7.41. The summed E-state index contributed by atoms with van der Waals surface area (Å²) in [6.07, 6.45) is 2.70. The molecule has 0 fully saturated rings. The number of H-pyrrole nitrogens is 1. The normalized spacial score (nSPS) is 11.6. The number of nitrogens with one attached hydrogen (secondary N) is 1. The molecule has 0 aromatic carbocycles. The number of imidazole rings is 1. The van der Waals surface area contributed by atoms with Gasteiger partial charge in [-0.1, -0.05) is 25.4 Å². The van der Waals surface area contributed by atoms with Gasteiger partial charge in [-0.05, 0) is 30.6 Å². The Kier molecular flexibility index (Phi) is 4.96. The Hall–Kier alpha value is -0.910. The molecule has 0 atom stereocenters. The summed E-state index contributed by atoms with van der Waals surface area (Å²) in [7, 11) is 0. The van der Waals surface area contributed by atoms with Crippen molar-refractivity contribution >= 4 is 35.0 Å². The third kappa shape index (κ3) is 3.78. The Morgan fingerprint density at radius 1 is 1.47 bits per heavy atom. The first-order chi connectivity index (χ1) is 9.08. The van der Waals surface area contributed by atoms with Crippen molar-refractivity contribution in [3.05, 3.63) is 22.1 Å². The molecular formula is C13H18ClN3OS. The van der Waals surface area contributed by atoms with Crippen LogP contribution in [0.15, 0.2) is 12.3 Å². The monoisotopic (exact) mass is 299 g/mol. The summed E-state index contributed by atoms with van der Waals surface area (Å²) in [6, 6.07) is 1.83. The molecule has 0 aliphatic carbocycles. The number of aromatic nitrogens is 3. The summed E-state index contributed by atoms with van der Waals surface area (Å²) in [5, 5.41) is 0.601. The van der Waals surface area contributed by atoms with E-state index in [0.29, 0.717) is 28.9 Å². The van der Waals surface area contributed by atoms with E-state index in [1.165, 1.54) is 0 Å². The van der Waals surface area contributed by atoms with Crippen molar-refractivity contribution in [1.82, 2.24) is 14.5 Å². The molecule has 2 aromatic heterocycles. The molecule has 2 aromatic rings. The fraction of sp³-hybridized carbons (Fsp3) is 0.538. The molecule has 0 aliphatic rings. The van der Waals surface area contributed by atoms with Crippen molar-refractivity contribution < 1.29 is 4.74 Å². The van der Waals surface area contributed by atoms with Gasteiger partial charge >= 0.3 is 0 Å². The van der Waals surface area contributed by atoms with Crippen LogP contribution in [0.2, 0.25) is 5.02 Å². The average Bonchev–Trinajstić information content (AvgIpc) is 2.64. The molecule has 0 aliphatic heterocycles. The van der Waals surface area contributed by atoms with Crippen molar-refractivity contribution in [3.63, 3.8) is 0 Å². The molecule has 2 rings (SSSR count). The second-order valence-corrected chi connectivity index (χ2v) is 5.72. The summed E-state index contributed by atoms with van der Waals surface area (Å²) >= 11 is 11.2. The molecular weight excluding hydrogens is 282 g/mol. The van der Waals surface area contributed by atoms with E-state index in [2.05, 4.69) is 23.8 Å². The maximum Gasteiger partial charge on any atom is 0.179 e. The zero-order chi connectivity index (χ0) is 13.8. The van der Waals surface area contributed by atoms with E-state index in [9.17, 15) is 0 Å². The Morgan fingerprint density at radius 2 is 2.26 bits per heavy atom. The molecule has 0 bridgehead atoms. The SMILES string of the molecule is CC(C)CCOCCn1c(=S)[nH]c2cc(Cl)cnc21. The highest BCUT2D eigenvalue weighted by Crippen LogP contribution is 2.16. The Labute approximate surface area is 122 Å². The maximum absolute atomic E-state index is 5.91. The lowest BCUT2D eigenvalue weighted by Crippen LogP contribution is -2.08. The van der Waals surface area contributed by atoms with Crippen LogP contribution in [-0.4, -0.2) is 27.7 Å². The Bertz CT molecular complexity index is 605. The molecule has 2 heterocycles. The quantitative estimate of drug-likeness (QED) is 0.651. The van der Waals surface area contributed by atoms with Gasteiger partial charge in [0.2, 0.25) is 0 Å². The van der Waals surface area contributed by atoms with Crippen molar-refractivity contribution in [2.24, 2.45) is 5.92 Å². The van der Waals surface area contributed by atoms with E-state index >= 15 is 0 Å². The fourth-order valence-corrected chi connectivity index (χ4v) is 2.25. The zero-order valence-electron chi connectivity index (χ0n) is 11.1. The van der Waals surface area contributed by atoms with Crippen LogP contribution in [0.3, 0.4) is 0 Å². The minimum atomic E-state index is 0.601. The number of ether oxygens (including phenoxy) is 1. The third-order valence-electron chi connectivity index (χ3n) is 2.87. The average molecular weight is 300 g/mol. The van der Waals surface area contributed by atoms with Crippen LogP contribution in [0.4, 0.5) is 0 Å². The number of rotatable bonds is 6. The molecule has 19 heavy (non-hydrogen) atoms. The van der Waals surface area contributed by atoms with Gasteiger partial charge in [0.25, 0.3) is 0 Å². The number of hydrogen-bond donors (Lipinski definition) is 1. The van der Waals surface area contributed by atoms with Gasteiger partial charge in [-0.25, -0.2) is 4.98 Å². The van der Waals surface area contributed by atoms with E-state index < -0.39 is 0 Å². The van der Waals surface area contributed by atoms with Crippen LogP contribution in [0.5, 0.6) is 0 Å². The summed E-state index contributed by atoms with van der Waals surface area (Å²) in [5.74, 6) is 0.666. The van der Waals surface area contributed by atoms with Gasteiger partial charge in [-0.3, -0.25) is 4.57 Å². The van der Waals surface area contributed by atoms with Gasteiger partial charge in [-0.2, -0.15) is 0 Å². The van der Waals surface area contributed by atoms with Crippen LogP contribution < -0.4 is 0 Å². The summed E-state index contributed by atoms with van der Waals surface area (Å²) < 4.78 is 8.20. The van der Waals surface area contributed by atoms with Crippen LogP contribution in [0.25, 0.3) is 11.2 Å². The molecule has 0 unspecified atom stereocenters. The molecule has 0 spiro atoms. The highest BCUT2D eigenvalue weighted by Gasteiger charge is 2.06. The lowest BCUT2D eigenvalue weighted by molar-refractivity contribution is 0.116. The van der Waals surface area contributed by atoms with Crippen molar-refractivity contribution in [3.8, 4) is 0 Å². The first-order valence-corrected chi connectivity index (χ1v) is 7.18. The van der Waals surface area contributed by atoms with E-state index in [4.69, 9.17) is 28.6 Å². The second kappa shape index (κ2) is 6.50. The molecule has 6 heteroatoms. The Morgan fingerprint density at radius 3 is 3.00 bits per heavy atom. The second-order valence-electron chi connectivity index (χ2n) is 4.90. The number of nitrogens with zero attached hydrogens (tertiary/aromatic N) is 2. The standard InChI is InChI=1S/C13H18ClN3OS/c1-9(2)3-5-18-6-4-17-12-11(16-13(17)19)7-10(14)8-15-12/h7-9H,3-6H2,1-2H3,(H,16,19). The fourth-order valence-electron chi connectivity index (χ4n) is 1.80. The number of aromatic amines is 1. The molecule has 4 nitrogen and oxygen atoms in total. The first kappa shape index (κ1) is 14.5. The molecule has 0 saturated carbocycles. The number of halogens is 1. The lowest BCUT2D eigenvalue weighted by Gasteiger charge is -2.07. The van der Waals surface area contributed by atoms with E-state index in [1.54, 1.807) is 6.20 Å². The summed E-state index contributed by atoms with van der Waals surface area (Å²) in [6.45, 7) is 6.50.